The highest BCUT2D eigenvalue weighted by molar-refractivity contribution is 8.00. The summed E-state index contributed by atoms with van der Waals surface area (Å²) in [7, 11) is -2.94. The summed E-state index contributed by atoms with van der Waals surface area (Å²) in [5.41, 5.74) is 4.96. The van der Waals surface area contributed by atoms with E-state index in [0.717, 1.165) is 38.9 Å². The molecule has 3 aromatic heterocycles. The van der Waals surface area contributed by atoms with Crippen molar-refractivity contribution in [1.29, 1.82) is 0 Å². The SMILES string of the molecule is FC(c1cccc(-c2ccccn2)c1)c1ccc2c3ccc4c(c3n(-c3ccccn3)c2c1)[Si](c1ccccc1)(c1ccccc1)c1ccccc1S4. The number of pyridine rings is 2. The first-order valence-corrected chi connectivity index (χ1v) is 20.6. The lowest BCUT2D eigenvalue weighted by Crippen LogP contribution is -2.76. The number of rotatable bonds is 6. The van der Waals surface area contributed by atoms with Gasteiger partial charge in [-0.15, -0.1) is 0 Å². The van der Waals surface area contributed by atoms with E-state index >= 15 is 4.39 Å². The van der Waals surface area contributed by atoms with Crippen LogP contribution in [0.4, 0.5) is 4.39 Å². The third-order valence-electron chi connectivity index (χ3n) is 10.5. The highest BCUT2D eigenvalue weighted by Gasteiger charge is 2.48. The van der Waals surface area contributed by atoms with Crippen molar-refractivity contribution in [2.24, 2.45) is 0 Å². The number of benzene rings is 6. The van der Waals surface area contributed by atoms with Gasteiger partial charge in [0.05, 0.1) is 16.7 Å². The van der Waals surface area contributed by atoms with E-state index in [4.69, 9.17) is 4.98 Å². The fraction of sp³-hybridized carbons (Fsp3) is 0.0213. The van der Waals surface area contributed by atoms with Crippen molar-refractivity contribution in [3.63, 3.8) is 0 Å². The van der Waals surface area contributed by atoms with Gasteiger partial charge < -0.3 is 0 Å². The van der Waals surface area contributed by atoms with Gasteiger partial charge in [0.2, 0.25) is 0 Å². The average Bonchev–Trinajstić information content (AvgIpc) is 3.57. The molecular weight excluding hydrogens is 686 g/mol. The van der Waals surface area contributed by atoms with E-state index in [2.05, 4.69) is 119 Å². The summed E-state index contributed by atoms with van der Waals surface area (Å²) in [5.74, 6) is 0.804. The highest BCUT2D eigenvalue weighted by atomic mass is 32.2. The van der Waals surface area contributed by atoms with E-state index < -0.39 is 14.2 Å². The van der Waals surface area contributed by atoms with Crippen molar-refractivity contribution in [1.82, 2.24) is 14.5 Å². The monoisotopic (exact) mass is 717 g/mol. The largest absolute Gasteiger partial charge is 0.294 e. The predicted molar refractivity (Wildman–Crippen MR) is 219 cm³/mol. The number of alkyl halides is 1. The fourth-order valence-corrected chi connectivity index (χ4v) is 15.4. The van der Waals surface area contributed by atoms with Gasteiger partial charge in [-0.3, -0.25) is 9.55 Å². The molecule has 4 heterocycles. The minimum atomic E-state index is -2.94. The topological polar surface area (TPSA) is 30.7 Å². The first-order valence-electron chi connectivity index (χ1n) is 17.8. The molecular formula is C47H32FN3SSi. The number of nitrogens with zero attached hydrogens (tertiary/aromatic N) is 3. The zero-order valence-electron chi connectivity index (χ0n) is 28.6. The molecule has 0 radical (unpaired) electrons. The summed E-state index contributed by atoms with van der Waals surface area (Å²) in [6.45, 7) is 0. The lowest BCUT2D eigenvalue weighted by Gasteiger charge is -2.40. The Morgan fingerprint density at radius 2 is 1.23 bits per heavy atom. The summed E-state index contributed by atoms with van der Waals surface area (Å²) < 4.78 is 19.1. The maximum absolute atomic E-state index is 16.8. The summed E-state index contributed by atoms with van der Waals surface area (Å²) >= 11 is 1.84. The van der Waals surface area contributed by atoms with Gasteiger partial charge in [0.25, 0.3) is 0 Å². The van der Waals surface area contributed by atoms with Gasteiger partial charge >= 0.3 is 0 Å². The second-order valence-corrected chi connectivity index (χ2v) is 18.2. The van der Waals surface area contributed by atoms with Crippen LogP contribution in [0.15, 0.2) is 198 Å². The molecule has 0 N–H and O–H groups in total. The van der Waals surface area contributed by atoms with E-state index in [1.54, 1.807) is 6.20 Å². The normalized spacial score (nSPS) is 13.8. The van der Waals surface area contributed by atoms with Crippen LogP contribution >= 0.6 is 11.8 Å². The second kappa shape index (κ2) is 12.8. The van der Waals surface area contributed by atoms with E-state index in [1.807, 2.05) is 84.7 Å². The van der Waals surface area contributed by atoms with Crippen LogP contribution in [0.1, 0.15) is 17.3 Å². The number of aromatic nitrogens is 3. The number of hydrogen-bond donors (Lipinski definition) is 0. The Bertz CT molecular complexity index is 2730. The minimum Gasteiger partial charge on any atom is -0.294 e. The predicted octanol–water partition coefficient (Wildman–Crippen LogP) is 9.14. The molecule has 1 aliphatic rings. The third kappa shape index (κ3) is 5.01. The summed E-state index contributed by atoms with van der Waals surface area (Å²) in [6, 6.07) is 61.2. The molecule has 0 saturated heterocycles. The Morgan fingerprint density at radius 1 is 0.547 bits per heavy atom. The number of hydrogen-bond acceptors (Lipinski definition) is 3. The van der Waals surface area contributed by atoms with Crippen molar-refractivity contribution in [2.45, 2.75) is 16.0 Å². The van der Waals surface area contributed by atoms with Crippen LogP contribution < -0.4 is 20.7 Å². The molecule has 1 unspecified atom stereocenters. The summed E-state index contributed by atoms with van der Waals surface area (Å²) in [5, 5.41) is 7.55. The molecule has 0 bridgehead atoms. The quantitative estimate of drug-likeness (QED) is 0.161. The molecule has 1 atom stereocenters. The number of halogens is 1. The van der Waals surface area contributed by atoms with Gasteiger partial charge in [-0.2, -0.15) is 0 Å². The smallest absolute Gasteiger partial charge is 0.184 e. The van der Waals surface area contributed by atoms with Gasteiger partial charge in [0, 0.05) is 38.5 Å². The molecule has 0 amide bonds. The molecule has 0 saturated carbocycles. The zero-order chi connectivity index (χ0) is 35.4. The second-order valence-electron chi connectivity index (χ2n) is 13.4. The van der Waals surface area contributed by atoms with Gasteiger partial charge in [0.1, 0.15) is 5.82 Å². The zero-order valence-corrected chi connectivity index (χ0v) is 30.4. The van der Waals surface area contributed by atoms with Crippen molar-refractivity contribution in [2.75, 3.05) is 0 Å². The molecule has 53 heavy (non-hydrogen) atoms. The molecule has 3 nitrogen and oxygen atoms in total. The molecule has 1 aliphatic heterocycles. The van der Waals surface area contributed by atoms with Gasteiger partial charge in [0.15, 0.2) is 14.2 Å². The van der Waals surface area contributed by atoms with Crippen LogP contribution in [0.2, 0.25) is 0 Å². The fourth-order valence-electron chi connectivity index (χ4n) is 8.28. The molecule has 6 heteroatoms. The van der Waals surface area contributed by atoms with E-state index in [9.17, 15) is 0 Å². The maximum Gasteiger partial charge on any atom is 0.184 e. The molecule has 0 aliphatic carbocycles. The van der Waals surface area contributed by atoms with Crippen molar-refractivity contribution >= 4 is 62.4 Å². The first kappa shape index (κ1) is 31.6. The van der Waals surface area contributed by atoms with Gasteiger partial charge in [-0.1, -0.05) is 139 Å². The Hall–Kier alpha value is -6.08. The standard InChI is InChI=1S/C47H32FN3SSi/c48-45(33-15-13-14-32(30-33)39-20-9-11-28-49-39)34-24-25-37-38-26-27-42-47(46(38)51(40(37)31-34)44-23-10-12-29-50-44)53(35-16-3-1-4-17-35,36-18-5-2-6-19-36)43-22-8-7-21-41(43)52-42/h1-31,45H. The minimum absolute atomic E-state index is 0.595. The van der Waals surface area contributed by atoms with Crippen LogP contribution in [0.5, 0.6) is 0 Å². The summed E-state index contributed by atoms with van der Waals surface area (Å²) in [6.07, 6.45) is 2.27. The number of fused-ring (bicyclic) bond motifs is 6. The summed E-state index contributed by atoms with van der Waals surface area (Å²) in [4.78, 5) is 12.0. The van der Waals surface area contributed by atoms with E-state index in [-0.39, 0.29) is 0 Å². The molecule has 252 valence electrons. The first-order chi connectivity index (χ1) is 26.2. The van der Waals surface area contributed by atoms with Crippen LogP contribution in [-0.2, 0) is 0 Å². The van der Waals surface area contributed by atoms with Crippen LogP contribution in [0.3, 0.4) is 0 Å². The third-order valence-corrected chi connectivity index (χ3v) is 16.9. The average molecular weight is 718 g/mol. The van der Waals surface area contributed by atoms with E-state index in [1.165, 1.54) is 30.5 Å². The Labute approximate surface area is 312 Å². The van der Waals surface area contributed by atoms with Crippen molar-refractivity contribution in [3.8, 4) is 17.1 Å². The van der Waals surface area contributed by atoms with Crippen LogP contribution in [-0.4, -0.2) is 22.6 Å². The molecule has 9 aromatic rings. The van der Waals surface area contributed by atoms with Crippen molar-refractivity contribution < 1.29 is 4.39 Å². The lowest BCUT2D eigenvalue weighted by atomic mass is 9.98. The molecule has 0 fully saturated rings. The molecule has 10 rings (SSSR count). The molecule has 6 aromatic carbocycles. The Morgan fingerprint density at radius 3 is 1.96 bits per heavy atom. The Kier molecular flexibility index (Phi) is 7.67. The molecule has 0 spiro atoms. The van der Waals surface area contributed by atoms with Gasteiger partial charge in [-0.05, 0) is 80.4 Å². The Balaban J connectivity index is 1.29. The maximum atomic E-state index is 16.8. The van der Waals surface area contributed by atoms with Gasteiger partial charge in [-0.25, -0.2) is 9.37 Å². The van der Waals surface area contributed by atoms with E-state index in [0.29, 0.717) is 11.1 Å². The lowest BCUT2D eigenvalue weighted by molar-refractivity contribution is 0.402. The van der Waals surface area contributed by atoms with Crippen LogP contribution in [0.25, 0.3) is 38.9 Å². The van der Waals surface area contributed by atoms with Crippen LogP contribution in [0, 0.1) is 0 Å². The van der Waals surface area contributed by atoms with Crippen molar-refractivity contribution in [3.05, 3.63) is 199 Å². The highest BCUT2D eigenvalue weighted by Crippen LogP contribution is 2.41.